The van der Waals surface area contributed by atoms with E-state index in [1.54, 1.807) is 17.0 Å². The van der Waals surface area contributed by atoms with Crippen molar-refractivity contribution in [3.8, 4) is 0 Å². The SMILES string of the molecule is CC(=O)c1ccc(N2CCN(C(=O)C3CCCN(C(=O)Nc4ccccc4)C3)CC2)c(F)c1. The number of carbonyl (C=O) groups is 3. The van der Waals surface area contributed by atoms with Gasteiger partial charge in [-0.05, 0) is 50.1 Å². The smallest absolute Gasteiger partial charge is 0.321 e. The van der Waals surface area contributed by atoms with E-state index >= 15 is 0 Å². The molecule has 2 aliphatic rings. The van der Waals surface area contributed by atoms with E-state index in [-0.39, 0.29) is 23.6 Å². The zero-order valence-corrected chi connectivity index (χ0v) is 18.8. The minimum absolute atomic E-state index is 0.0549. The normalized spacial score (nSPS) is 18.7. The molecule has 2 aromatic rings. The summed E-state index contributed by atoms with van der Waals surface area (Å²) in [5.74, 6) is -0.762. The molecule has 1 unspecified atom stereocenters. The molecule has 1 N–H and O–H groups in total. The average molecular weight is 453 g/mol. The van der Waals surface area contributed by atoms with Gasteiger partial charge in [-0.2, -0.15) is 0 Å². The molecule has 7 nitrogen and oxygen atoms in total. The summed E-state index contributed by atoms with van der Waals surface area (Å²) in [5, 5.41) is 2.89. The number of Topliss-reactive ketones (excluding diaryl/α,β-unsaturated/α-hetero) is 1. The van der Waals surface area contributed by atoms with Gasteiger partial charge in [0.25, 0.3) is 0 Å². The highest BCUT2D eigenvalue weighted by atomic mass is 19.1. The van der Waals surface area contributed by atoms with E-state index in [2.05, 4.69) is 5.32 Å². The minimum atomic E-state index is -0.421. The van der Waals surface area contributed by atoms with Crippen molar-refractivity contribution in [2.75, 3.05) is 49.5 Å². The standard InChI is InChI=1S/C25H29FN4O3/c1-18(31)19-9-10-23(22(26)16-19)28-12-14-29(15-13-28)24(32)20-6-5-11-30(17-20)25(33)27-21-7-3-2-4-8-21/h2-4,7-10,16,20H,5-6,11-15,17H2,1H3,(H,27,33). The summed E-state index contributed by atoms with van der Waals surface area (Å²) in [5.41, 5.74) is 1.53. The first kappa shape index (κ1) is 22.8. The van der Waals surface area contributed by atoms with Crippen LogP contribution in [-0.2, 0) is 4.79 Å². The van der Waals surface area contributed by atoms with Crippen molar-refractivity contribution < 1.29 is 18.8 Å². The Morgan fingerprint density at radius 3 is 2.33 bits per heavy atom. The molecule has 8 heteroatoms. The Kier molecular flexibility index (Phi) is 6.91. The lowest BCUT2D eigenvalue weighted by atomic mass is 9.96. The molecule has 33 heavy (non-hydrogen) atoms. The summed E-state index contributed by atoms with van der Waals surface area (Å²) in [7, 11) is 0. The maximum atomic E-state index is 14.5. The number of nitrogens with zero attached hydrogens (tertiary/aromatic N) is 3. The van der Waals surface area contributed by atoms with Crippen molar-refractivity contribution in [3.05, 3.63) is 59.9 Å². The van der Waals surface area contributed by atoms with Crippen molar-refractivity contribution >= 4 is 29.1 Å². The van der Waals surface area contributed by atoms with Gasteiger partial charge in [0.05, 0.1) is 11.6 Å². The number of halogens is 1. The van der Waals surface area contributed by atoms with Gasteiger partial charge in [-0.15, -0.1) is 0 Å². The number of piperazine rings is 1. The van der Waals surface area contributed by atoms with E-state index in [4.69, 9.17) is 0 Å². The van der Waals surface area contributed by atoms with Crippen molar-refractivity contribution in [1.82, 2.24) is 9.80 Å². The second-order valence-corrected chi connectivity index (χ2v) is 8.62. The van der Waals surface area contributed by atoms with E-state index in [0.29, 0.717) is 50.5 Å². The van der Waals surface area contributed by atoms with Gasteiger partial charge in [0.15, 0.2) is 5.78 Å². The Hall–Kier alpha value is -3.42. The Labute approximate surface area is 193 Å². The summed E-state index contributed by atoms with van der Waals surface area (Å²) < 4.78 is 14.5. The molecule has 0 radical (unpaired) electrons. The zero-order chi connectivity index (χ0) is 23.4. The number of anilines is 2. The number of nitrogens with one attached hydrogen (secondary N) is 1. The van der Waals surface area contributed by atoms with Crippen molar-refractivity contribution in [1.29, 1.82) is 0 Å². The van der Waals surface area contributed by atoms with Gasteiger partial charge in [-0.3, -0.25) is 9.59 Å². The van der Waals surface area contributed by atoms with Crippen LogP contribution in [0.25, 0.3) is 0 Å². The lowest BCUT2D eigenvalue weighted by Gasteiger charge is -2.39. The number of ketones is 1. The van der Waals surface area contributed by atoms with Gasteiger partial charge in [0, 0.05) is 50.5 Å². The predicted octanol–water partition coefficient (Wildman–Crippen LogP) is 3.62. The Morgan fingerprint density at radius 1 is 0.939 bits per heavy atom. The lowest BCUT2D eigenvalue weighted by molar-refractivity contribution is -0.137. The number of para-hydroxylation sites is 1. The molecule has 0 aromatic heterocycles. The van der Waals surface area contributed by atoms with E-state index in [0.717, 1.165) is 18.5 Å². The molecule has 2 aliphatic heterocycles. The van der Waals surface area contributed by atoms with Gasteiger partial charge < -0.3 is 20.0 Å². The molecule has 1 atom stereocenters. The van der Waals surface area contributed by atoms with Crippen LogP contribution < -0.4 is 10.2 Å². The first-order valence-electron chi connectivity index (χ1n) is 11.4. The second-order valence-electron chi connectivity index (χ2n) is 8.62. The molecular formula is C25H29FN4O3. The van der Waals surface area contributed by atoms with Gasteiger partial charge in [-0.1, -0.05) is 18.2 Å². The topological polar surface area (TPSA) is 73.0 Å². The quantitative estimate of drug-likeness (QED) is 0.720. The number of carbonyl (C=O) groups excluding carboxylic acids is 3. The van der Waals surface area contributed by atoms with Gasteiger partial charge in [0.2, 0.25) is 5.91 Å². The fourth-order valence-electron chi connectivity index (χ4n) is 4.50. The zero-order valence-electron chi connectivity index (χ0n) is 18.8. The van der Waals surface area contributed by atoms with Crippen LogP contribution in [0, 0.1) is 11.7 Å². The highest BCUT2D eigenvalue weighted by Gasteiger charge is 2.33. The molecule has 0 saturated carbocycles. The Morgan fingerprint density at radius 2 is 1.67 bits per heavy atom. The Balaban J connectivity index is 1.32. The van der Waals surface area contributed by atoms with Crippen LogP contribution in [0.5, 0.6) is 0 Å². The third-order valence-electron chi connectivity index (χ3n) is 6.37. The molecule has 4 rings (SSSR count). The molecule has 0 bridgehead atoms. The minimum Gasteiger partial charge on any atom is -0.366 e. The summed E-state index contributed by atoms with van der Waals surface area (Å²) in [6.07, 6.45) is 1.54. The third kappa shape index (κ3) is 5.32. The molecular weight excluding hydrogens is 423 g/mol. The fourth-order valence-corrected chi connectivity index (χ4v) is 4.50. The molecule has 0 spiro atoms. The summed E-state index contributed by atoms with van der Waals surface area (Å²) in [6, 6.07) is 13.6. The molecule has 0 aliphatic carbocycles. The number of urea groups is 1. The van der Waals surface area contributed by atoms with Crippen LogP contribution in [0.15, 0.2) is 48.5 Å². The van der Waals surface area contributed by atoms with Crippen molar-refractivity contribution in [2.24, 2.45) is 5.92 Å². The maximum absolute atomic E-state index is 14.5. The van der Waals surface area contributed by atoms with E-state index in [1.807, 2.05) is 40.1 Å². The average Bonchev–Trinajstić information content (AvgIpc) is 2.84. The summed E-state index contributed by atoms with van der Waals surface area (Å²) in [6.45, 7) is 4.49. The van der Waals surface area contributed by atoms with E-state index in [1.165, 1.54) is 13.0 Å². The summed E-state index contributed by atoms with van der Waals surface area (Å²) in [4.78, 5) is 42.7. The van der Waals surface area contributed by atoms with E-state index in [9.17, 15) is 18.8 Å². The molecule has 2 saturated heterocycles. The highest BCUT2D eigenvalue weighted by molar-refractivity contribution is 5.94. The van der Waals surface area contributed by atoms with Crippen LogP contribution in [0.2, 0.25) is 0 Å². The second kappa shape index (κ2) is 10.0. The number of amides is 3. The highest BCUT2D eigenvalue weighted by Crippen LogP contribution is 2.24. The lowest BCUT2D eigenvalue weighted by Crippen LogP contribution is -2.53. The van der Waals surface area contributed by atoms with Crippen LogP contribution in [0.3, 0.4) is 0 Å². The predicted molar refractivity (Wildman–Crippen MR) is 125 cm³/mol. The van der Waals surface area contributed by atoms with Gasteiger partial charge >= 0.3 is 6.03 Å². The molecule has 2 fully saturated rings. The monoisotopic (exact) mass is 452 g/mol. The fraction of sp³-hybridized carbons (Fsp3) is 0.400. The number of piperidine rings is 1. The molecule has 2 aromatic carbocycles. The first-order chi connectivity index (χ1) is 15.9. The molecule has 3 amide bonds. The Bertz CT molecular complexity index is 1020. The van der Waals surface area contributed by atoms with Crippen LogP contribution in [0.1, 0.15) is 30.1 Å². The van der Waals surface area contributed by atoms with Crippen molar-refractivity contribution in [3.63, 3.8) is 0 Å². The van der Waals surface area contributed by atoms with E-state index < -0.39 is 5.82 Å². The molecule has 174 valence electrons. The number of hydrogen-bond acceptors (Lipinski definition) is 4. The maximum Gasteiger partial charge on any atom is 0.321 e. The number of rotatable bonds is 4. The number of likely N-dealkylation sites (tertiary alicyclic amines) is 1. The van der Waals surface area contributed by atoms with Crippen LogP contribution in [-0.4, -0.2) is 66.8 Å². The van der Waals surface area contributed by atoms with Crippen LogP contribution in [0.4, 0.5) is 20.6 Å². The number of benzene rings is 2. The third-order valence-corrected chi connectivity index (χ3v) is 6.37. The summed E-state index contributed by atoms with van der Waals surface area (Å²) >= 11 is 0. The molecule has 2 heterocycles. The number of hydrogen-bond donors (Lipinski definition) is 1. The van der Waals surface area contributed by atoms with Gasteiger partial charge in [-0.25, -0.2) is 9.18 Å². The first-order valence-corrected chi connectivity index (χ1v) is 11.4. The van der Waals surface area contributed by atoms with Crippen LogP contribution >= 0.6 is 0 Å². The largest absolute Gasteiger partial charge is 0.366 e. The van der Waals surface area contributed by atoms with Gasteiger partial charge in [0.1, 0.15) is 5.82 Å². The van der Waals surface area contributed by atoms with Crippen molar-refractivity contribution in [2.45, 2.75) is 19.8 Å².